The number of aliphatic hydroxyl groups is 1. The Morgan fingerprint density at radius 2 is 0.430 bits per heavy atom. The van der Waals surface area contributed by atoms with Gasteiger partial charge in [-0.15, -0.1) is 0 Å². The van der Waals surface area contributed by atoms with E-state index < -0.39 is 97.5 Å². The van der Waals surface area contributed by atoms with Crippen LogP contribution in [0.3, 0.4) is 0 Å². The molecular formula is C88H172O17P2. The molecule has 0 spiro atoms. The van der Waals surface area contributed by atoms with Crippen LogP contribution in [-0.2, 0) is 65.4 Å². The van der Waals surface area contributed by atoms with Crippen molar-refractivity contribution in [3.63, 3.8) is 0 Å². The fraction of sp³-hybridized carbons (Fsp3) is 0.955. The highest BCUT2D eigenvalue weighted by Crippen LogP contribution is 2.45. The lowest BCUT2D eigenvalue weighted by Crippen LogP contribution is -2.30. The third-order valence-corrected chi connectivity index (χ3v) is 22.5. The van der Waals surface area contributed by atoms with E-state index in [1.54, 1.807) is 0 Å². The van der Waals surface area contributed by atoms with E-state index in [-0.39, 0.29) is 25.7 Å². The minimum atomic E-state index is -4.97. The average molecular weight is 1560 g/mol. The molecule has 0 aromatic heterocycles. The molecule has 636 valence electrons. The molecule has 0 aliphatic carbocycles. The Morgan fingerprint density at radius 1 is 0.252 bits per heavy atom. The Morgan fingerprint density at radius 3 is 0.636 bits per heavy atom. The summed E-state index contributed by atoms with van der Waals surface area (Å²) in [6.45, 7) is 12.1. The Bertz CT molecular complexity index is 2060. The molecule has 0 rings (SSSR count). The molecule has 107 heavy (non-hydrogen) atoms. The fourth-order valence-electron chi connectivity index (χ4n) is 13.7. The van der Waals surface area contributed by atoms with E-state index >= 15 is 0 Å². The van der Waals surface area contributed by atoms with Gasteiger partial charge in [0.2, 0.25) is 0 Å². The molecule has 0 saturated carbocycles. The van der Waals surface area contributed by atoms with E-state index in [0.29, 0.717) is 25.7 Å². The molecule has 0 aromatic rings. The van der Waals surface area contributed by atoms with Gasteiger partial charge in [-0.2, -0.15) is 0 Å². The van der Waals surface area contributed by atoms with Gasteiger partial charge in [0.15, 0.2) is 12.2 Å². The van der Waals surface area contributed by atoms with Gasteiger partial charge in [-0.1, -0.05) is 414 Å². The Labute approximate surface area is 658 Å². The van der Waals surface area contributed by atoms with Crippen molar-refractivity contribution in [3.05, 3.63) is 0 Å². The number of rotatable bonds is 86. The largest absolute Gasteiger partial charge is 0.472 e. The summed E-state index contributed by atoms with van der Waals surface area (Å²) >= 11 is 0. The number of phosphoric ester groups is 2. The number of esters is 4. The lowest BCUT2D eigenvalue weighted by Gasteiger charge is -2.21. The summed E-state index contributed by atoms with van der Waals surface area (Å²) in [4.78, 5) is 73.3. The van der Waals surface area contributed by atoms with Crippen LogP contribution in [0.4, 0.5) is 0 Å². The molecule has 0 saturated heterocycles. The van der Waals surface area contributed by atoms with Crippen molar-refractivity contribution in [2.75, 3.05) is 39.6 Å². The topological polar surface area (TPSA) is 237 Å². The molecule has 17 nitrogen and oxygen atoms in total. The van der Waals surface area contributed by atoms with Crippen LogP contribution in [-0.4, -0.2) is 96.7 Å². The molecule has 5 atom stereocenters. The monoisotopic (exact) mass is 1560 g/mol. The second-order valence-electron chi connectivity index (χ2n) is 33.1. The molecule has 2 unspecified atom stereocenters. The van der Waals surface area contributed by atoms with Crippen molar-refractivity contribution in [2.45, 2.75) is 484 Å². The minimum absolute atomic E-state index is 0.108. The number of carbonyl (C=O) groups is 4. The van der Waals surface area contributed by atoms with Crippen LogP contribution in [0.5, 0.6) is 0 Å². The van der Waals surface area contributed by atoms with Gasteiger partial charge >= 0.3 is 39.5 Å². The average Bonchev–Trinajstić information content (AvgIpc) is 0.911. The first kappa shape index (κ1) is 105. The van der Waals surface area contributed by atoms with Gasteiger partial charge in [-0.25, -0.2) is 9.13 Å². The first-order valence-electron chi connectivity index (χ1n) is 45.3. The van der Waals surface area contributed by atoms with Gasteiger partial charge in [-0.05, 0) is 43.4 Å². The van der Waals surface area contributed by atoms with E-state index in [2.05, 4.69) is 48.5 Å². The number of carbonyl (C=O) groups excluding carboxylic acids is 4. The van der Waals surface area contributed by atoms with E-state index in [1.807, 2.05) is 0 Å². The molecule has 0 fully saturated rings. The van der Waals surface area contributed by atoms with Gasteiger partial charge in [0, 0.05) is 25.7 Å². The summed E-state index contributed by atoms with van der Waals surface area (Å²) in [6, 6.07) is 0. The fourth-order valence-corrected chi connectivity index (χ4v) is 15.3. The smallest absolute Gasteiger partial charge is 0.462 e. The minimum Gasteiger partial charge on any atom is -0.462 e. The molecule has 0 bridgehead atoms. The number of aliphatic hydroxyl groups excluding tert-OH is 1. The van der Waals surface area contributed by atoms with Gasteiger partial charge in [-0.3, -0.25) is 37.3 Å². The summed E-state index contributed by atoms with van der Waals surface area (Å²) in [5, 5.41) is 10.7. The van der Waals surface area contributed by atoms with Crippen molar-refractivity contribution >= 4 is 39.5 Å². The lowest BCUT2D eigenvalue weighted by molar-refractivity contribution is -0.161. The second-order valence-corrected chi connectivity index (χ2v) is 36.0. The zero-order valence-electron chi connectivity index (χ0n) is 70.6. The maximum atomic E-state index is 13.2. The van der Waals surface area contributed by atoms with Crippen LogP contribution < -0.4 is 0 Å². The number of unbranched alkanes of at least 4 members (excludes halogenated alkanes) is 54. The second kappa shape index (κ2) is 78.0. The molecular weight excluding hydrogens is 1390 g/mol. The van der Waals surface area contributed by atoms with Crippen molar-refractivity contribution in [1.29, 1.82) is 0 Å². The SMILES string of the molecule is CCCCCCCCCCCCC(=O)OC[C@H](COP(=O)(O)OC[C@H](O)COP(=O)(O)OC[C@@H](COC(=O)CCCCCCCCCCCCCCCCCCC(C)C)OC(=O)CCCCCCCCCCCCCCCCCCC(C)C)OC(=O)CCCCCCCCCCCCCCCCCCC(C)C. The van der Waals surface area contributed by atoms with Crippen LogP contribution in [0, 0.1) is 17.8 Å². The van der Waals surface area contributed by atoms with Gasteiger partial charge in [0.25, 0.3) is 0 Å². The van der Waals surface area contributed by atoms with Gasteiger partial charge in [0.05, 0.1) is 26.4 Å². The molecule has 0 aromatic carbocycles. The Kier molecular flexibility index (Phi) is 76.6. The first-order chi connectivity index (χ1) is 51.7. The molecule has 0 amide bonds. The molecule has 0 heterocycles. The highest BCUT2D eigenvalue weighted by atomic mass is 31.2. The highest BCUT2D eigenvalue weighted by Gasteiger charge is 2.31. The van der Waals surface area contributed by atoms with Crippen LogP contribution >= 0.6 is 15.6 Å². The predicted octanol–water partition coefficient (Wildman–Crippen LogP) is 26.9. The maximum Gasteiger partial charge on any atom is 0.472 e. The number of hydrogen-bond donors (Lipinski definition) is 3. The standard InChI is InChI=1S/C88H172O17P2/c1-8-9-10-11-12-13-41-48-55-62-69-85(90)98-75-83(104-87(92)71-64-57-50-43-36-30-24-18-15-21-27-33-39-46-53-60-67-80(4)5)77-102-106(94,95)100-73-82(89)74-101-107(96,97)103-78-84(105-88(93)72-65-58-51-44-37-31-25-19-16-22-28-34-40-47-54-61-68-81(6)7)76-99-86(91)70-63-56-49-42-35-29-23-17-14-20-26-32-38-45-52-59-66-79(2)3/h79-84,89H,8-78H2,1-7H3,(H,94,95)(H,96,97)/t82-,83+,84+/m0/s1. The van der Waals surface area contributed by atoms with E-state index in [9.17, 15) is 43.2 Å². The summed E-state index contributed by atoms with van der Waals surface area (Å²) in [6.07, 6.45) is 69.4. The van der Waals surface area contributed by atoms with Crippen molar-refractivity contribution < 1.29 is 80.2 Å². The molecule has 0 radical (unpaired) electrons. The number of ether oxygens (including phenoxy) is 4. The lowest BCUT2D eigenvalue weighted by atomic mass is 10.0. The molecule has 0 aliphatic heterocycles. The summed E-state index contributed by atoms with van der Waals surface area (Å²) in [7, 11) is -9.93. The summed E-state index contributed by atoms with van der Waals surface area (Å²) < 4.78 is 69.0. The maximum absolute atomic E-state index is 13.2. The highest BCUT2D eigenvalue weighted by molar-refractivity contribution is 7.47. The molecule has 0 aliphatic rings. The van der Waals surface area contributed by atoms with E-state index in [0.717, 1.165) is 108 Å². The zero-order chi connectivity index (χ0) is 78.6. The van der Waals surface area contributed by atoms with Crippen LogP contribution in [0.2, 0.25) is 0 Å². The molecule has 19 heteroatoms. The van der Waals surface area contributed by atoms with Gasteiger partial charge < -0.3 is 33.8 Å². The van der Waals surface area contributed by atoms with Gasteiger partial charge in [0.1, 0.15) is 19.3 Å². The predicted molar refractivity (Wildman–Crippen MR) is 441 cm³/mol. The third-order valence-electron chi connectivity index (χ3n) is 20.6. The number of hydrogen-bond acceptors (Lipinski definition) is 15. The summed E-state index contributed by atoms with van der Waals surface area (Å²) in [5.41, 5.74) is 0. The quantitative estimate of drug-likeness (QED) is 0.0222. The van der Waals surface area contributed by atoms with Crippen molar-refractivity contribution in [3.8, 4) is 0 Å². The third kappa shape index (κ3) is 81.9. The number of phosphoric acid groups is 2. The van der Waals surface area contributed by atoms with Crippen LogP contribution in [0.25, 0.3) is 0 Å². The van der Waals surface area contributed by atoms with E-state index in [4.69, 9.17) is 37.0 Å². The van der Waals surface area contributed by atoms with Crippen LogP contribution in [0.1, 0.15) is 466 Å². The Hall–Kier alpha value is -1.94. The first-order valence-corrected chi connectivity index (χ1v) is 48.3. The molecule has 3 N–H and O–H groups in total. The Balaban J connectivity index is 5.22. The van der Waals surface area contributed by atoms with Crippen LogP contribution in [0.15, 0.2) is 0 Å². The van der Waals surface area contributed by atoms with E-state index in [1.165, 1.54) is 276 Å². The van der Waals surface area contributed by atoms with Crippen molar-refractivity contribution in [2.24, 2.45) is 17.8 Å². The normalized spacial score (nSPS) is 13.8. The van der Waals surface area contributed by atoms with Crippen molar-refractivity contribution in [1.82, 2.24) is 0 Å². The zero-order valence-corrected chi connectivity index (χ0v) is 72.4. The summed E-state index contributed by atoms with van der Waals surface area (Å²) in [5.74, 6) is 0.330.